The molecular weight excluding hydrogens is 268 g/mol. The molecule has 0 aromatic carbocycles. The summed E-state index contributed by atoms with van der Waals surface area (Å²) in [6.45, 7) is 0. The first-order valence-electron chi connectivity index (χ1n) is 4.74. The Morgan fingerprint density at radius 1 is 1.19 bits per heavy atom. The fourth-order valence-corrected chi connectivity index (χ4v) is 1.94. The molecule has 0 saturated carbocycles. The summed E-state index contributed by atoms with van der Waals surface area (Å²) < 4.78 is 0.941. The van der Waals surface area contributed by atoms with Gasteiger partial charge in [0.05, 0.1) is 0 Å². The maximum absolute atomic E-state index is 4.27. The van der Waals surface area contributed by atoms with Gasteiger partial charge in [-0.1, -0.05) is 0 Å². The standard InChI is InChI=1S/C11H7BrN4/c12-8-5-9-10(7-1-3-13-4-2-7)15-16-11(9)14-6-8/h1-6H,(H,14,15,16). The highest BCUT2D eigenvalue weighted by Gasteiger charge is 2.08. The fraction of sp³-hybridized carbons (Fsp3) is 0. The van der Waals surface area contributed by atoms with Crippen molar-refractivity contribution in [1.82, 2.24) is 20.2 Å². The second kappa shape index (κ2) is 3.68. The first kappa shape index (κ1) is 9.47. The van der Waals surface area contributed by atoms with E-state index in [1.807, 2.05) is 18.2 Å². The number of aromatic amines is 1. The molecule has 16 heavy (non-hydrogen) atoms. The summed E-state index contributed by atoms with van der Waals surface area (Å²) in [5.41, 5.74) is 2.71. The van der Waals surface area contributed by atoms with Crippen LogP contribution in [0.4, 0.5) is 0 Å². The van der Waals surface area contributed by atoms with Gasteiger partial charge in [-0.3, -0.25) is 10.1 Å². The summed E-state index contributed by atoms with van der Waals surface area (Å²) in [6.07, 6.45) is 5.25. The van der Waals surface area contributed by atoms with E-state index in [4.69, 9.17) is 0 Å². The number of pyridine rings is 2. The van der Waals surface area contributed by atoms with E-state index in [0.29, 0.717) is 0 Å². The van der Waals surface area contributed by atoms with Gasteiger partial charge in [-0.25, -0.2) is 4.98 Å². The number of halogens is 1. The van der Waals surface area contributed by atoms with E-state index in [1.165, 1.54) is 0 Å². The zero-order valence-electron chi connectivity index (χ0n) is 8.18. The minimum Gasteiger partial charge on any atom is -0.265 e. The van der Waals surface area contributed by atoms with E-state index in [2.05, 4.69) is 36.1 Å². The van der Waals surface area contributed by atoms with Crippen molar-refractivity contribution in [3.63, 3.8) is 0 Å². The number of fused-ring (bicyclic) bond motifs is 1. The molecule has 0 saturated heterocycles. The number of nitrogens with one attached hydrogen (secondary N) is 1. The first-order valence-corrected chi connectivity index (χ1v) is 5.54. The molecule has 0 atom stereocenters. The van der Waals surface area contributed by atoms with E-state index in [9.17, 15) is 0 Å². The van der Waals surface area contributed by atoms with Crippen molar-refractivity contribution in [2.75, 3.05) is 0 Å². The third kappa shape index (κ3) is 1.49. The van der Waals surface area contributed by atoms with E-state index < -0.39 is 0 Å². The minimum atomic E-state index is 0.787. The Morgan fingerprint density at radius 3 is 2.81 bits per heavy atom. The molecule has 5 heteroatoms. The lowest BCUT2D eigenvalue weighted by atomic mass is 10.1. The van der Waals surface area contributed by atoms with Gasteiger partial charge in [0.15, 0.2) is 5.65 Å². The van der Waals surface area contributed by atoms with E-state index in [0.717, 1.165) is 26.8 Å². The number of hydrogen-bond acceptors (Lipinski definition) is 3. The molecule has 3 aromatic heterocycles. The molecule has 0 amide bonds. The van der Waals surface area contributed by atoms with Gasteiger partial charge in [-0.2, -0.15) is 5.10 Å². The van der Waals surface area contributed by atoms with Crippen molar-refractivity contribution in [3.8, 4) is 11.3 Å². The summed E-state index contributed by atoms with van der Waals surface area (Å²) in [4.78, 5) is 8.24. The third-order valence-electron chi connectivity index (χ3n) is 2.34. The van der Waals surface area contributed by atoms with Crippen molar-refractivity contribution in [2.45, 2.75) is 0 Å². The van der Waals surface area contributed by atoms with Crippen molar-refractivity contribution < 1.29 is 0 Å². The van der Waals surface area contributed by atoms with Crippen LogP contribution in [-0.2, 0) is 0 Å². The van der Waals surface area contributed by atoms with Gasteiger partial charge in [0.25, 0.3) is 0 Å². The number of aromatic nitrogens is 4. The molecule has 3 aromatic rings. The van der Waals surface area contributed by atoms with Crippen LogP contribution in [0.2, 0.25) is 0 Å². The molecular formula is C11H7BrN4. The second-order valence-corrected chi connectivity index (χ2v) is 4.27. The van der Waals surface area contributed by atoms with Crippen LogP contribution >= 0.6 is 15.9 Å². The van der Waals surface area contributed by atoms with Crippen molar-refractivity contribution in [1.29, 1.82) is 0 Å². The van der Waals surface area contributed by atoms with Crippen molar-refractivity contribution in [3.05, 3.63) is 41.3 Å². The smallest absolute Gasteiger partial charge is 0.155 e. The number of H-pyrrole nitrogens is 1. The van der Waals surface area contributed by atoms with Gasteiger partial charge in [0.2, 0.25) is 0 Å². The highest BCUT2D eigenvalue weighted by molar-refractivity contribution is 9.10. The minimum absolute atomic E-state index is 0.787. The topological polar surface area (TPSA) is 54.5 Å². The number of nitrogens with zero attached hydrogens (tertiary/aromatic N) is 3. The first-order chi connectivity index (χ1) is 7.84. The predicted molar refractivity (Wildman–Crippen MR) is 64.8 cm³/mol. The maximum atomic E-state index is 4.27. The molecule has 3 rings (SSSR count). The molecule has 0 fully saturated rings. The Balaban J connectivity index is 2.29. The summed E-state index contributed by atoms with van der Waals surface area (Å²) >= 11 is 3.41. The molecule has 1 N–H and O–H groups in total. The van der Waals surface area contributed by atoms with Crippen LogP contribution in [-0.4, -0.2) is 20.2 Å². The second-order valence-electron chi connectivity index (χ2n) is 3.36. The van der Waals surface area contributed by atoms with Crippen LogP contribution in [0.1, 0.15) is 0 Å². The molecule has 4 nitrogen and oxygen atoms in total. The van der Waals surface area contributed by atoms with Crippen molar-refractivity contribution in [2.24, 2.45) is 0 Å². The van der Waals surface area contributed by atoms with E-state index in [-0.39, 0.29) is 0 Å². The molecule has 0 aliphatic heterocycles. The molecule has 0 radical (unpaired) electrons. The van der Waals surface area contributed by atoms with Gasteiger partial charge in [-0.15, -0.1) is 0 Å². The molecule has 78 valence electrons. The summed E-state index contributed by atoms with van der Waals surface area (Å²) in [6, 6.07) is 5.86. The van der Waals surface area contributed by atoms with Gasteiger partial charge < -0.3 is 0 Å². The van der Waals surface area contributed by atoms with Crippen LogP contribution in [0.15, 0.2) is 41.3 Å². The summed E-state index contributed by atoms with van der Waals surface area (Å²) in [5, 5.41) is 8.18. The zero-order valence-corrected chi connectivity index (χ0v) is 9.77. The molecule has 3 heterocycles. The average Bonchev–Trinajstić information content (AvgIpc) is 2.73. The summed E-state index contributed by atoms with van der Waals surface area (Å²) in [5.74, 6) is 0. The zero-order chi connectivity index (χ0) is 11.0. The van der Waals surface area contributed by atoms with Crippen LogP contribution in [0.5, 0.6) is 0 Å². The highest BCUT2D eigenvalue weighted by Crippen LogP contribution is 2.26. The monoisotopic (exact) mass is 274 g/mol. The molecule has 0 aliphatic carbocycles. The van der Waals surface area contributed by atoms with Gasteiger partial charge in [0, 0.05) is 34.0 Å². The van der Waals surface area contributed by atoms with Crippen LogP contribution in [0, 0.1) is 0 Å². The molecule has 0 unspecified atom stereocenters. The quantitative estimate of drug-likeness (QED) is 0.743. The van der Waals surface area contributed by atoms with E-state index in [1.54, 1.807) is 18.6 Å². The Morgan fingerprint density at radius 2 is 2.00 bits per heavy atom. The number of rotatable bonds is 1. The van der Waals surface area contributed by atoms with E-state index >= 15 is 0 Å². The normalized spacial score (nSPS) is 10.8. The maximum Gasteiger partial charge on any atom is 0.155 e. The predicted octanol–water partition coefficient (Wildman–Crippen LogP) is 2.78. The lowest BCUT2D eigenvalue weighted by Crippen LogP contribution is -1.79. The molecule has 0 bridgehead atoms. The Hall–Kier alpha value is -1.75. The Kier molecular flexibility index (Phi) is 2.18. The highest BCUT2D eigenvalue weighted by atomic mass is 79.9. The van der Waals surface area contributed by atoms with Crippen LogP contribution < -0.4 is 0 Å². The third-order valence-corrected chi connectivity index (χ3v) is 2.77. The van der Waals surface area contributed by atoms with Crippen LogP contribution in [0.3, 0.4) is 0 Å². The Labute approximate surface area is 99.9 Å². The SMILES string of the molecule is Brc1cnc2[nH]nc(-c3ccncc3)c2c1. The Bertz CT molecular complexity index is 633. The molecule has 0 aliphatic rings. The largest absolute Gasteiger partial charge is 0.265 e. The fourth-order valence-electron chi connectivity index (χ4n) is 1.61. The lowest BCUT2D eigenvalue weighted by molar-refractivity contribution is 1.10. The van der Waals surface area contributed by atoms with Crippen LogP contribution in [0.25, 0.3) is 22.3 Å². The van der Waals surface area contributed by atoms with Gasteiger partial charge in [0.1, 0.15) is 5.69 Å². The van der Waals surface area contributed by atoms with Gasteiger partial charge >= 0.3 is 0 Å². The summed E-state index contributed by atoms with van der Waals surface area (Å²) in [7, 11) is 0. The lowest BCUT2D eigenvalue weighted by Gasteiger charge is -1.96. The average molecular weight is 275 g/mol. The van der Waals surface area contributed by atoms with Crippen molar-refractivity contribution >= 4 is 27.0 Å². The number of hydrogen-bond donors (Lipinski definition) is 1. The van der Waals surface area contributed by atoms with Gasteiger partial charge in [-0.05, 0) is 34.1 Å². The molecule has 0 spiro atoms.